The first kappa shape index (κ1) is 21.1. The van der Waals surface area contributed by atoms with Gasteiger partial charge in [-0.05, 0) is 51.0 Å². The minimum Gasteiger partial charge on any atom is -0.454 e. The van der Waals surface area contributed by atoms with Crippen molar-refractivity contribution in [3.8, 4) is 0 Å². The SMILES string of the molecule is COCCn1c(C)cc(C(=O)COC(=O)c2ccc3c(c2)NC(=O)[C@H]2CCCN32)c1C. The van der Waals surface area contributed by atoms with E-state index < -0.39 is 5.97 Å². The summed E-state index contributed by atoms with van der Waals surface area (Å²) >= 11 is 0. The molecule has 1 aromatic heterocycles. The first-order valence-corrected chi connectivity index (χ1v) is 10.5. The Morgan fingerprint density at radius 1 is 1.23 bits per heavy atom. The van der Waals surface area contributed by atoms with Crippen LogP contribution in [0.1, 0.15) is 44.9 Å². The molecule has 4 rings (SSSR count). The fourth-order valence-corrected chi connectivity index (χ4v) is 4.46. The van der Waals surface area contributed by atoms with Gasteiger partial charge < -0.3 is 24.3 Å². The summed E-state index contributed by atoms with van der Waals surface area (Å²) in [6.45, 7) is 5.48. The van der Waals surface area contributed by atoms with Gasteiger partial charge in [-0.25, -0.2) is 4.79 Å². The zero-order chi connectivity index (χ0) is 22.1. The van der Waals surface area contributed by atoms with Gasteiger partial charge in [0.15, 0.2) is 6.61 Å². The fraction of sp³-hybridized carbons (Fsp3) is 0.435. The topological polar surface area (TPSA) is 89.9 Å². The molecule has 3 heterocycles. The minimum atomic E-state index is -0.595. The molecule has 1 amide bonds. The van der Waals surface area contributed by atoms with E-state index in [4.69, 9.17) is 9.47 Å². The normalized spacial score (nSPS) is 17.2. The molecule has 8 nitrogen and oxygen atoms in total. The number of fused-ring (bicyclic) bond motifs is 3. The molecule has 2 aromatic rings. The number of hydrogen-bond donors (Lipinski definition) is 1. The third kappa shape index (κ3) is 3.95. The van der Waals surface area contributed by atoms with Crippen LogP contribution in [0.4, 0.5) is 11.4 Å². The van der Waals surface area contributed by atoms with Crippen LogP contribution in [0, 0.1) is 13.8 Å². The second kappa shape index (κ2) is 8.55. The molecule has 8 heteroatoms. The third-order valence-corrected chi connectivity index (χ3v) is 6.08. The molecule has 1 saturated heterocycles. The first-order chi connectivity index (χ1) is 14.9. The van der Waals surface area contributed by atoms with E-state index in [0.717, 1.165) is 36.5 Å². The zero-order valence-electron chi connectivity index (χ0n) is 18.1. The van der Waals surface area contributed by atoms with Gasteiger partial charge >= 0.3 is 5.97 Å². The van der Waals surface area contributed by atoms with Crippen LogP contribution in [-0.4, -0.2) is 55.1 Å². The minimum absolute atomic E-state index is 0.0467. The molecule has 1 aromatic carbocycles. The van der Waals surface area contributed by atoms with Crippen molar-refractivity contribution in [1.82, 2.24) is 4.57 Å². The number of carbonyl (C=O) groups excluding carboxylic acids is 3. The number of ether oxygens (including phenoxy) is 2. The summed E-state index contributed by atoms with van der Waals surface area (Å²) in [4.78, 5) is 39.6. The average molecular weight is 425 g/mol. The number of anilines is 2. The van der Waals surface area contributed by atoms with Gasteiger partial charge in [-0.2, -0.15) is 0 Å². The molecule has 0 saturated carbocycles. The maximum absolute atomic E-state index is 12.7. The molecule has 1 fully saturated rings. The van der Waals surface area contributed by atoms with E-state index in [1.165, 1.54) is 0 Å². The second-order valence-electron chi connectivity index (χ2n) is 8.00. The number of hydrogen-bond acceptors (Lipinski definition) is 6. The molecule has 0 radical (unpaired) electrons. The van der Waals surface area contributed by atoms with Crippen LogP contribution in [0.15, 0.2) is 24.3 Å². The van der Waals surface area contributed by atoms with E-state index in [1.54, 1.807) is 19.2 Å². The lowest BCUT2D eigenvalue weighted by atomic mass is 10.1. The number of ketones is 1. The quantitative estimate of drug-likeness (QED) is 0.542. The van der Waals surface area contributed by atoms with Crippen LogP contribution < -0.4 is 10.2 Å². The Kier molecular flexibility index (Phi) is 5.82. The number of methoxy groups -OCH3 is 1. The number of nitrogens with zero attached hydrogens (tertiary/aromatic N) is 2. The number of rotatable bonds is 7. The van der Waals surface area contributed by atoms with Crippen molar-refractivity contribution < 1.29 is 23.9 Å². The third-order valence-electron chi connectivity index (χ3n) is 6.08. The highest BCUT2D eigenvalue weighted by molar-refractivity contribution is 6.06. The average Bonchev–Trinajstić information content (AvgIpc) is 3.36. The lowest BCUT2D eigenvalue weighted by Crippen LogP contribution is -2.43. The number of esters is 1. The molecule has 0 aliphatic carbocycles. The summed E-state index contributed by atoms with van der Waals surface area (Å²) < 4.78 is 12.4. The summed E-state index contributed by atoms with van der Waals surface area (Å²) in [6.07, 6.45) is 1.80. The Morgan fingerprint density at radius 3 is 2.81 bits per heavy atom. The Balaban J connectivity index is 1.43. The van der Waals surface area contributed by atoms with Crippen molar-refractivity contribution in [3.05, 3.63) is 46.8 Å². The van der Waals surface area contributed by atoms with Crippen molar-refractivity contribution in [1.29, 1.82) is 0 Å². The Bertz CT molecular complexity index is 1040. The molecular formula is C23H27N3O5. The molecule has 164 valence electrons. The summed E-state index contributed by atoms with van der Waals surface area (Å²) in [5.74, 6) is -0.895. The fourth-order valence-electron chi connectivity index (χ4n) is 4.46. The van der Waals surface area contributed by atoms with E-state index in [-0.39, 0.29) is 24.3 Å². The molecule has 0 unspecified atom stereocenters. The maximum atomic E-state index is 12.7. The molecule has 0 bridgehead atoms. The van der Waals surface area contributed by atoms with Gasteiger partial charge in [0, 0.05) is 37.2 Å². The van der Waals surface area contributed by atoms with Gasteiger partial charge in [0.05, 0.1) is 23.5 Å². The predicted molar refractivity (Wildman–Crippen MR) is 116 cm³/mol. The van der Waals surface area contributed by atoms with Gasteiger partial charge in [0.1, 0.15) is 6.04 Å². The van der Waals surface area contributed by atoms with Gasteiger partial charge in [0.2, 0.25) is 11.7 Å². The monoisotopic (exact) mass is 425 g/mol. The lowest BCUT2D eigenvalue weighted by molar-refractivity contribution is -0.117. The predicted octanol–water partition coefficient (Wildman–Crippen LogP) is 2.71. The van der Waals surface area contributed by atoms with E-state index in [1.807, 2.05) is 30.5 Å². The lowest BCUT2D eigenvalue weighted by Gasteiger charge is -2.33. The largest absolute Gasteiger partial charge is 0.454 e. The number of aromatic nitrogens is 1. The molecule has 2 aliphatic rings. The number of aryl methyl sites for hydroxylation is 1. The van der Waals surface area contributed by atoms with Crippen LogP contribution >= 0.6 is 0 Å². The smallest absolute Gasteiger partial charge is 0.338 e. The van der Waals surface area contributed by atoms with Crippen molar-refractivity contribution in [3.63, 3.8) is 0 Å². The molecule has 31 heavy (non-hydrogen) atoms. The van der Waals surface area contributed by atoms with E-state index in [9.17, 15) is 14.4 Å². The highest BCUT2D eigenvalue weighted by atomic mass is 16.5. The van der Waals surface area contributed by atoms with E-state index in [0.29, 0.717) is 30.0 Å². The number of amides is 1. The van der Waals surface area contributed by atoms with Gasteiger partial charge in [-0.3, -0.25) is 9.59 Å². The highest BCUT2D eigenvalue weighted by Crippen LogP contribution is 2.37. The molecule has 1 N–H and O–H groups in total. The number of nitrogens with one attached hydrogen (secondary N) is 1. The molecule has 2 aliphatic heterocycles. The number of carbonyl (C=O) groups is 3. The van der Waals surface area contributed by atoms with Crippen molar-refractivity contribution >= 4 is 29.0 Å². The van der Waals surface area contributed by atoms with Crippen molar-refractivity contribution in [2.24, 2.45) is 0 Å². The van der Waals surface area contributed by atoms with Gasteiger partial charge in [0.25, 0.3) is 0 Å². The molecular weight excluding hydrogens is 398 g/mol. The first-order valence-electron chi connectivity index (χ1n) is 10.5. The van der Waals surface area contributed by atoms with Crippen LogP contribution in [0.3, 0.4) is 0 Å². The highest BCUT2D eigenvalue weighted by Gasteiger charge is 2.36. The van der Waals surface area contributed by atoms with Gasteiger partial charge in [-0.15, -0.1) is 0 Å². The van der Waals surface area contributed by atoms with Crippen LogP contribution in [0.2, 0.25) is 0 Å². The zero-order valence-corrected chi connectivity index (χ0v) is 18.1. The Labute approximate surface area is 181 Å². The van der Waals surface area contributed by atoms with Crippen LogP contribution in [0.25, 0.3) is 0 Å². The number of benzene rings is 1. The summed E-state index contributed by atoms with van der Waals surface area (Å²) in [5, 5.41) is 2.88. The standard InChI is InChI=1S/C23H27N3O5/c1-14-11-17(15(2)25(14)9-10-30-3)21(27)13-31-23(29)16-6-7-19-18(12-16)24-22(28)20-5-4-8-26(19)20/h6-7,11-12,20H,4-5,8-10,13H2,1-3H3,(H,24,28)/t20-/m1/s1. The van der Waals surface area contributed by atoms with Crippen molar-refractivity contribution in [2.45, 2.75) is 39.3 Å². The van der Waals surface area contributed by atoms with Crippen LogP contribution in [-0.2, 0) is 20.8 Å². The van der Waals surface area contributed by atoms with Gasteiger partial charge in [-0.1, -0.05) is 0 Å². The van der Waals surface area contributed by atoms with E-state index >= 15 is 0 Å². The maximum Gasteiger partial charge on any atom is 0.338 e. The van der Waals surface area contributed by atoms with E-state index in [2.05, 4.69) is 10.2 Å². The summed E-state index contributed by atoms with van der Waals surface area (Å²) in [6, 6.07) is 6.79. The summed E-state index contributed by atoms with van der Waals surface area (Å²) in [5.41, 5.74) is 4.14. The Hall–Kier alpha value is -3.13. The molecule has 1 atom stereocenters. The van der Waals surface area contributed by atoms with Crippen molar-refractivity contribution in [2.75, 3.05) is 37.1 Å². The summed E-state index contributed by atoms with van der Waals surface area (Å²) in [7, 11) is 1.63. The van der Waals surface area contributed by atoms with Crippen LogP contribution in [0.5, 0.6) is 0 Å². The molecule has 0 spiro atoms. The Morgan fingerprint density at radius 2 is 2.03 bits per heavy atom. The second-order valence-corrected chi connectivity index (χ2v) is 8.00. The number of Topliss-reactive ketones (excluding diaryl/α,β-unsaturated/α-hetero) is 1.